The van der Waals surface area contributed by atoms with E-state index in [1.54, 1.807) is 13.8 Å². The molecule has 1 aromatic carbocycles. The molecular weight excluding hydrogens is 372 g/mol. The zero-order valence-electron chi connectivity index (χ0n) is 16.0. The van der Waals surface area contributed by atoms with Gasteiger partial charge in [-0.1, -0.05) is 6.07 Å². The van der Waals surface area contributed by atoms with Crippen LogP contribution in [0.15, 0.2) is 29.2 Å². The molecule has 1 fully saturated rings. The number of aliphatic carboxylic acids is 1. The minimum absolute atomic E-state index is 0.00804. The number of nitrogens with zero attached hydrogens (tertiary/aromatic N) is 2. The number of amides is 1. The monoisotopic (exact) mass is 398 g/mol. The summed E-state index contributed by atoms with van der Waals surface area (Å²) in [6.07, 6.45) is -0.444. The number of hydrogen-bond donors (Lipinski definition) is 1. The molecule has 1 aliphatic heterocycles. The molecule has 1 aromatic rings. The Morgan fingerprint density at radius 1 is 1.26 bits per heavy atom. The van der Waals surface area contributed by atoms with E-state index in [1.807, 2.05) is 13.8 Å². The summed E-state index contributed by atoms with van der Waals surface area (Å²) in [4.78, 5) is 24.9. The van der Waals surface area contributed by atoms with Gasteiger partial charge in [0.1, 0.15) is 6.54 Å². The predicted octanol–water partition coefficient (Wildman–Crippen LogP) is 1.42. The minimum Gasteiger partial charge on any atom is -0.480 e. The summed E-state index contributed by atoms with van der Waals surface area (Å²) in [5, 5.41) is 9.02. The molecule has 0 spiro atoms. The van der Waals surface area contributed by atoms with Crippen LogP contribution >= 0.6 is 0 Å². The third-order valence-electron chi connectivity index (χ3n) is 4.29. The van der Waals surface area contributed by atoms with Gasteiger partial charge in [0.05, 0.1) is 17.1 Å². The number of benzene rings is 1. The van der Waals surface area contributed by atoms with Crippen LogP contribution in [-0.2, 0) is 19.6 Å². The maximum atomic E-state index is 13.0. The third-order valence-corrected chi connectivity index (χ3v) is 6.12. The van der Waals surface area contributed by atoms with Crippen molar-refractivity contribution in [2.75, 3.05) is 19.6 Å². The molecule has 1 N–H and O–H groups in total. The van der Waals surface area contributed by atoms with Crippen LogP contribution in [0.5, 0.6) is 0 Å². The first kappa shape index (κ1) is 21.3. The second-order valence-electron chi connectivity index (χ2n) is 7.03. The van der Waals surface area contributed by atoms with E-state index in [0.29, 0.717) is 0 Å². The van der Waals surface area contributed by atoms with E-state index in [0.717, 1.165) is 0 Å². The molecule has 1 saturated heterocycles. The average molecular weight is 398 g/mol. The molecular formula is C18H26N2O6S. The molecule has 27 heavy (non-hydrogen) atoms. The predicted molar refractivity (Wildman–Crippen MR) is 99.0 cm³/mol. The highest BCUT2D eigenvalue weighted by Gasteiger charge is 2.33. The number of hydrogen-bond acceptors (Lipinski definition) is 5. The fraction of sp³-hybridized carbons (Fsp3) is 0.556. The van der Waals surface area contributed by atoms with Crippen molar-refractivity contribution in [2.45, 2.75) is 50.8 Å². The standard InChI is InChI=1S/C18H26N2O6S/c1-12(2)20(11-17(21)22)18(23)15-6-5-7-16(8-15)27(24,25)19-9-13(3)26-14(4)10-19/h5-8,12-14H,9-11H2,1-4H3,(H,21,22). The van der Waals surface area contributed by atoms with Crippen molar-refractivity contribution in [3.05, 3.63) is 29.8 Å². The number of morpholine rings is 1. The molecule has 2 rings (SSSR count). The summed E-state index contributed by atoms with van der Waals surface area (Å²) in [6, 6.07) is 5.39. The Hall–Kier alpha value is -1.97. The Labute approximate surface area is 159 Å². The topological polar surface area (TPSA) is 104 Å². The van der Waals surface area contributed by atoms with E-state index in [2.05, 4.69) is 0 Å². The fourth-order valence-corrected chi connectivity index (χ4v) is 4.70. The summed E-state index contributed by atoms with van der Waals surface area (Å²) in [6.45, 7) is 7.06. The van der Waals surface area contributed by atoms with E-state index >= 15 is 0 Å². The molecule has 0 aliphatic carbocycles. The number of rotatable bonds is 6. The highest BCUT2D eigenvalue weighted by Crippen LogP contribution is 2.22. The smallest absolute Gasteiger partial charge is 0.323 e. The molecule has 0 saturated carbocycles. The van der Waals surface area contributed by atoms with E-state index in [-0.39, 0.29) is 41.8 Å². The Balaban J connectivity index is 2.33. The van der Waals surface area contributed by atoms with Gasteiger partial charge >= 0.3 is 5.97 Å². The van der Waals surface area contributed by atoms with Gasteiger partial charge in [-0.25, -0.2) is 8.42 Å². The first-order chi connectivity index (χ1) is 12.5. The molecule has 1 aliphatic rings. The molecule has 150 valence electrons. The number of ether oxygens (including phenoxy) is 1. The molecule has 0 aromatic heterocycles. The van der Waals surface area contributed by atoms with Gasteiger partial charge in [0.15, 0.2) is 0 Å². The maximum absolute atomic E-state index is 13.0. The van der Waals surface area contributed by atoms with Crippen LogP contribution in [0.4, 0.5) is 0 Å². The van der Waals surface area contributed by atoms with Crippen molar-refractivity contribution in [2.24, 2.45) is 0 Å². The lowest BCUT2D eigenvalue weighted by atomic mass is 10.1. The third kappa shape index (κ3) is 5.06. The van der Waals surface area contributed by atoms with Crippen molar-refractivity contribution in [3.63, 3.8) is 0 Å². The molecule has 8 nitrogen and oxygen atoms in total. The van der Waals surface area contributed by atoms with Crippen LogP contribution < -0.4 is 0 Å². The molecule has 1 amide bonds. The lowest BCUT2D eigenvalue weighted by Crippen LogP contribution is -2.48. The first-order valence-electron chi connectivity index (χ1n) is 8.80. The highest BCUT2D eigenvalue weighted by atomic mass is 32.2. The number of carboxylic acid groups (broad SMARTS) is 1. The Morgan fingerprint density at radius 3 is 2.37 bits per heavy atom. The number of carbonyl (C=O) groups is 2. The number of carbonyl (C=O) groups excluding carboxylic acids is 1. The first-order valence-corrected chi connectivity index (χ1v) is 10.2. The zero-order chi connectivity index (χ0) is 20.4. The van der Waals surface area contributed by atoms with E-state index in [4.69, 9.17) is 9.84 Å². The van der Waals surface area contributed by atoms with Crippen molar-refractivity contribution in [3.8, 4) is 0 Å². The normalized spacial score (nSPS) is 21.2. The average Bonchev–Trinajstić information content (AvgIpc) is 2.58. The lowest BCUT2D eigenvalue weighted by molar-refractivity contribution is -0.138. The summed E-state index contributed by atoms with van der Waals surface area (Å²) in [7, 11) is -3.79. The van der Waals surface area contributed by atoms with Gasteiger partial charge in [0, 0.05) is 24.7 Å². The Kier molecular flexibility index (Phi) is 6.61. The lowest BCUT2D eigenvalue weighted by Gasteiger charge is -2.34. The largest absolute Gasteiger partial charge is 0.480 e. The molecule has 0 radical (unpaired) electrons. The molecule has 9 heteroatoms. The maximum Gasteiger partial charge on any atom is 0.323 e. The highest BCUT2D eigenvalue weighted by molar-refractivity contribution is 7.89. The summed E-state index contributed by atoms with van der Waals surface area (Å²) >= 11 is 0. The van der Waals surface area contributed by atoms with Gasteiger partial charge in [-0.3, -0.25) is 9.59 Å². The summed E-state index contributed by atoms with van der Waals surface area (Å²) < 4.78 is 32.9. The second-order valence-corrected chi connectivity index (χ2v) is 8.97. The van der Waals surface area contributed by atoms with Crippen molar-refractivity contribution in [1.29, 1.82) is 0 Å². The Morgan fingerprint density at radius 2 is 1.85 bits per heavy atom. The van der Waals surface area contributed by atoms with Crippen molar-refractivity contribution < 1.29 is 27.9 Å². The fourth-order valence-electron chi connectivity index (χ4n) is 3.07. The van der Waals surface area contributed by atoms with Crippen LogP contribution in [-0.4, -0.2) is 72.5 Å². The number of sulfonamides is 1. The second kappa shape index (κ2) is 8.37. The van der Waals surface area contributed by atoms with Gasteiger partial charge in [-0.2, -0.15) is 4.31 Å². The van der Waals surface area contributed by atoms with Gasteiger partial charge in [0.2, 0.25) is 10.0 Å². The number of carboxylic acids is 1. The van der Waals surface area contributed by atoms with Crippen LogP contribution in [0.1, 0.15) is 38.1 Å². The van der Waals surface area contributed by atoms with Crippen LogP contribution in [0.3, 0.4) is 0 Å². The van der Waals surface area contributed by atoms with E-state index in [1.165, 1.54) is 33.5 Å². The van der Waals surface area contributed by atoms with Crippen LogP contribution in [0.2, 0.25) is 0 Å². The molecule has 2 atom stereocenters. The van der Waals surface area contributed by atoms with Gasteiger partial charge in [0.25, 0.3) is 5.91 Å². The van der Waals surface area contributed by atoms with Crippen molar-refractivity contribution in [1.82, 2.24) is 9.21 Å². The SMILES string of the molecule is CC1CN(S(=O)(=O)c2cccc(C(=O)N(CC(=O)O)C(C)C)c2)CC(C)O1. The van der Waals surface area contributed by atoms with E-state index in [9.17, 15) is 18.0 Å². The van der Waals surface area contributed by atoms with Crippen molar-refractivity contribution >= 4 is 21.9 Å². The van der Waals surface area contributed by atoms with E-state index < -0.39 is 28.4 Å². The molecule has 2 unspecified atom stereocenters. The Bertz CT molecular complexity index is 798. The zero-order valence-corrected chi connectivity index (χ0v) is 16.8. The molecule has 1 heterocycles. The quantitative estimate of drug-likeness (QED) is 0.777. The van der Waals surface area contributed by atoms with Crippen LogP contribution in [0.25, 0.3) is 0 Å². The minimum atomic E-state index is -3.79. The van der Waals surface area contributed by atoms with Gasteiger partial charge in [-0.15, -0.1) is 0 Å². The van der Waals surface area contributed by atoms with Crippen LogP contribution in [0, 0.1) is 0 Å². The van der Waals surface area contributed by atoms with Gasteiger partial charge in [-0.05, 0) is 45.9 Å². The molecule has 0 bridgehead atoms. The summed E-state index contributed by atoms with van der Waals surface area (Å²) in [5.41, 5.74) is 0.139. The summed E-state index contributed by atoms with van der Waals surface area (Å²) in [5.74, 6) is -1.65. The van der Waals surface area contributed by atoms with Gasteiger partial charge < -0.3 is 14.7 Å².